The van der Waals surface area contributed by atoms with Gasteiger partial charge < -0.3 is 10.8 Å². The lowest BCUT2D eigenvalue weighted by molar-refractivity contribution is 0.273. The van der Waals surface area contributed by atoms with Crippen molar-refractivity contribution in [2.45, 2.75) is 37.0 Å². The maximum absolute atomic E-state index is 15.2. The topological polar surface area (TPSA) is 118 Å². The Morgan fingerprint density at radius 1 is 1.28 bits per heavy atom. The van der Waals surface area contributed by atoms with Gasteiger partial charge in [0.1, 0.15) is 5.15 Å². The average Bonchev–Trinajstić information content (AvgIpc) is 3.65. The van der Waals surface area contributed by atoms with Crippen molar-refractivity contribution in [1.29, 1.82) is 0 Å². The number of halogens is 2. The highest BCUT2D eigenvalue weighted by molar-refractivity contribution is 7.90. The Bertz CT molecular complexity index is 1560. The van der Waals surface area contributed by atoms with E-state index >= 15 is 4.39 Å². The van der Waals surface area contributed by atoms with Crippen LogP contribution in [0.15, 0.2) is 48.8 Å². The van der Waals surface area contributed by atoms with E-state index in [2.05, 4.69) is 14.7 Å². The van der Waals surface area contributed by atoms with Crippen LogP contribution < -0.4 is 10.5 Å². The number of nitrogen functional groups attached to an aromatic ring is 1. The fourth-order valence-electron chi connectivity index (χ4n) is 4.08. The predicted molar refractivity (Wildman–Crippen MR) is 141 cm³/mol. The first-order chi connectivity index (χ1) is 17.2. The summed E-state index contributed by atoms with van der Waals surface area (Å²) in [6, 6.07) is 10.2. The molecule has 2 unspecified atom stereocenters. The third-order valence-electron chi connectivity index (χ3n) is 6.31. The van der Waals surface area contributed by atoms with Crippen LogP contribution in [0.4, 0.5) is 10.1 Å². The van der Waals surface area contributed by atoms with Gasteiger partial charge in [-0.2, -0.15) is 0 Å². The molecule has 2 atom stereocenters. The summed E-state index contributed by atoms with van der Waals surface area (Å²) in [7, 11) is -3.72. The molecule has 5 rings (SSSR count). The molecule has 36 heavy (non-hydrogen) atoms. The zero-order valence-electron chi connectivity index (χ0n) is 19.3. The van der Waals surface area contributed by atoms with E-state index in [1.807, 2.05) is 43.3 Å². The molecule has 3 aromatic heterocycles. The number of aromatic nitrogens is 2. The summed E-state index contributed by atoms with van der Waals surface area (Å²) in [5, 5.41) is 9.74. The van der Waals surface area contributed by atoms with Crippen molar-refractivity contribution in [3.8, 4) is 11.3 Å². The number of fused-ring (bicyclic) bond motifs is 1. The van der Waals surface area contributed by atoms with E-state index < -0.39 is 27.1 Å². The molecule has 1 aromatic carbocycles. The van der Waals surface area contributed by atoms with Gasteiger partial charge in [-0.15, -0.1) is 11.3 Å². The first-order valence-corrected chi connectivity index (χ1v) is 14.1. The third-order valence-corrected chi connectivity index (χ3v) is 9.78. The van der Waals surface area contributed by atoms with Gasteiger partial charge in [-0.25, -0.2) is 22.5 Å². The van der Waals surface area contributed by atoms with E-state index in [0.29, 0.717) is 17.7 Å². The minimum Gasteiger partial charge on any atom is -0.396 e. The Labute approximate surface area is 217 Å². The van der Waals surface area contributed by atoms with Gasteiger partial charge in [-0.05, 0) is 42.0 Å². The number of benzene rings is 1. The lowest BCUT2D eigenvalue weighted by atomic mass is 10.00. The Morgan fingerprint density at radius 2 is 2.06 bits per heavy atom. The fraction of sp³-hybridized carbons (Fsp3) is 0.280. The summed E-state index contributed by atoms with van der Waals surface area (Å²) in [4.78, 5) is 9.05. The Kier molecular flexibility index (Phi) is 6.73. The van der Waals surface area contributed by atoms with Crippen LogP contribution in [0.25, 0.3) is 21.3 Å². The summed E-state index contributed by atoms with van der Waals surface area (Å²) >= 11 is 7.62. The van der Waals surface area contributed by atoms with Crippen molar-refractivity contribution in [2.24, 2.45) is 0 Å². The van der Waals surface area contributed by atoms with Crippen LogP contribution in [-0.2, 0) is 10.0 Å². The maximum atomic E-state index is 15.2. The number of rotatable bonds is 8. The first-order valence-electron chi connectivity index (χ1n) is 11.4. The van der Waals surface area contributed by atoms with Crippen LogP contribution in [0, 0.1) is 5.82 Å². The molecule has 0 saturated heterocycles. The normalized spacial score (nSPS) is 15.8. The zero-order valence-corrected chi connectivity index (χ0v) is 21.7. The van der Waals surface area contributed by atoms with Crippen LogP contribution in [0.1, 0.15) is 47.7 Å². The number of aliphatic hydroxyl groups is 1. The average molecular weight is 547 g/mol. The monoisotopic (exact) mass is 546 g/mol. The lowest BCUT2D eigenvalue weighted by Gasteiger charge is -2.20. The molecule has 11 heteroatoms. The molecule has 0 radical (unpaired) electrons. The lowest BCUT2D eigenvalue weighted by Crippen LogP contribution is -2.32. The van der Waals surface area contributed by atoms with Crippen LogP contribution in [-0.4, -0.2) is 35.3 Å². The number of hydrogen-bond acceptors (Lipinski definition) is 7. The Balaban J connectivity index is 1.66. The molecule has 4 aromatic rings. The molecule has 4 N–H and O–H groups in total. The van der Waals surface area contributed by atoms with Gasteiger partial charge in [0, 0.05) is 33.9 Å². The van der Waals surface area contributed by atoms with Crippen LogP contribution >= 0.6 is 22.9 Å². The molecule has 1 fully saturated rings. The second-order valence-corrected chi connectivity index (χ2v) is 12.4. The maximum Gasteiger partial charge on any atom is 0.215 e. The molecule has 0 amide bonds. The molecule has 0 bridgehead atoms. The van der Waals surface area contributed by atoms with Crippen molar-refractivity contribution >= 4 is 48.7 Å². The Hall–Kier alpha value is -2.63. The molecular formula is C25H24ClFN4O3S2. The van der Waals surface area contributed by atoms with Crippen molar-refractivity contribution < 1.29 is 17.9 Å². The number of nitrogens with one attached hydrogen (secondary N) is 1. The zero-order chi connectivity index (χ0) is 25.6. The van der Waals surface area contributed by atoms with Gasteiger partial charge in [0.2, 0.25) is 10.0 Å². The molecule has 1 aliphatic carbocycles. The molecular weight excluding hydrogens is 523 g/mol. The van der Waals surface area contributed by atoms with E-state index in [4.69, 9.17) is 17.3 Å². The number of nitrogens with zero attached hydrogens (tertiary/aromatic N) is 2. The van der Waals surface area contributed by atoms with Crippen molar-refractivity contribution in [1.82, 2.24) is 14.7 Å². The molecule has 0 aliphatic heterocycles. The smallest absolute Gasteiger partial charge is 0.215 e. The molecule has 3 heterocycles. The standard InChI is InChI=1S/C25H24ClFN4O3S2/c1-13(12-32)14-7-8-29-19(9-14)17-4-2-3-15-10-20(35-24(15)17)23(31-36(33,34)16-5-6-16)21-22(27)18(28)11-30-25(21)26/h2-4,7-11,13,16,23,31-32H,5-6,12,28H2,1H3. The molecule has 1 saturated carbocycles. The largest absolute Gasteiger partial charge is 0.396 e. The van der Waals surface area contributed by atoms with E-state index in [1.165, 1.54) is 11.3 Å². The minimum absolute atomic E-state index is 0.0141. The highest BCUT2D eigenvalue weighted by Gasteiger charge is 2.39. The van der Waals surface area contributed by atoms with Gasteiger partial charge in [0.15, 0.2) is 5.82 Å². The minimum atomic E-state index is -3.72. The van der Waals surface area contributed by atoms with E-state index in [0.717, 1.165) is 33.1 Å². The SMILES string of the molecule is CC(CO)c1ccnc(-c2cccc3cc(C(NS(=O)(=O)C4CC4)c4c(Cl)ncc(N)c4F)sc23)c1. The van der Waals surface area contributed by atoms with Crippen LogP contribution in [0.5, 0.6) is 0 Å². The van der Waals surface area contributed by atoms with E-state index in [9.17, 15) is 13.5 Å². The molecule has 1 aliphatic rings. The van der Waals surface area contributed by atoms with Gasteiger partial charge in [0.05, 0.1) is 34.4 Å². The summed E-state index contributed by atoms with van der Waals surface area (Å²) < 4.78 is 44.6. The number of thiophene rings is 1. The number of pyridine rings is 2. The van der Waals surface area contributed by atoms with Gasteiger partial charge >= 0.3 is 0 Å². The first kappa shape index (κ1) is 25.0. The summed E-state index contributed by atoms with van der Waals surface area (Å²) in [5.74, 6) is -0.851. The Morgan fingerprint density at radius 3 is 2.78 bits per heavy atom. The van der Waals surface area contributed by atoms with E-state index in [1.54, 1.807) is 6.20 Å². The van der Waals surface area contributed by atoms with Crippen molar-refractivity contribution in [2.75, 3.05) is 12.3 Å². The number of sulfonamides is 1. The van der Waals surface area contributed by atoms with Gasteiger partial charge in [-0.1, -0.05) is 36.7 Å². The van der Waals surface area contributed by atoms with Gasteiger partial charge in [-0.3, -0.25) is 4.98 Å². The number of hydrogen-bond donors (Lipinski definition) is 3. The fourth-order valence-corrected chi connectivity index (χ4v) is 7.16. The summed E-state index contributed by atoms with van der Waals surface area (Å²) in [5.41, 5.74) is 7.96. The molecule has 0 spiro atoms. The summed E-state index contributed by atoms with van der Waals surface area (Å²) in [6.07, 6.45) is 3.92. The second kappa shape index (κ2) is 9.68. The molecule has 188 valence electrons. The third kappa shape index (κ3) is 4.71. The number of anilines is 1. The number of nitrogens with two attached hydrogens (primary N) is 1. The number of aliphatic hydroxyl groups excluding tert-OH is 1. The van der Waals surface area contributed by atoms with Gasteiger partial charge in [0.25, 0.3) is 0 Å². The van der Waals surface area contributed by atoms with Crippen molar-refractivity contribution in [3.63, 3.8) is 0 Å². The summed E-state index contributed by atoms with van der Waals surface area (Å²) in [6.45, 7) is 1.94. The highest BCUT2D eigenvalue weighted by atomic mass is 35.5. The predicted octanol–water partition coefficient (Wildman–Crippen LogP) is 5.00. The van der Waals surface area contributed by atoms with Crippen molar-refractivity contribution in [3.05, 3.63) is 75.8 Å². The molecule has 7 nitrogen and oxygen atoms in total. The quantitative estimate of drug-likeness (QED) is 0.268. The van der Waals surface area contributed by atoms with Crippen LogP contribution in [0.2, 0.25) is 5.15 Å². The second-order valence-electron chi connectivity index (χ2n) is 8.96. The van der Waals surface area contributed by atoms with E-state index in [-0.39, 0.29) is 28.9 Å². The van der Waals surface area contributed by atoms with Crippen LogP contribution in [0.3, 0.4) is 0 Å². The highest BCUT2D eigenvalue weighted by Crippen LogP contribution is 2.42.